The van der Waals surface area contributed by atoms with Crippen LogP contribution in [-0.2, 0) is 17.5 Å². The molecule has 164 valence electrons. The van der Waals surface area contributed by atoms with Gasteiger partial charge in [0.15, 0.2) is 11.3 Å². The molecule has 2 heterocycles. The number of alkyl halides is 3. The third-order valence-corrected chi connectivity index (χ3v) is 4.88. The number of anilines is 1. The molecule has 0 bridgehead atoms. The molecule has 0 fully saturated rings. The van der Waals surface area contributed by atoms with Crippen LogP contribution in [0, 0.1) is 6.92 Å². The molecule has 1 amide bonds. The Kier molecular flexibility index (Phi) is 5.62. The summed E-state index contributed by atoms with van der Waals surface area (Å²) in [5, 5.41) is 15.0. The first kappa shape index (κ1) is 21.4. The molecule has 0 atom stereocenters. The van der Waals surface area contributed by atoms with Gasteiger partial charge in [-0.15, -0.1) is 10.2 Å². The summed E-state index contributed by atoms with van der Waals surface area (Å²) in [5.41, 5.74) is 1.43. The van der Waals surface area contributed by atoms with Gasteiger partial charge in [0, 0.05) is 7.11 Å². The normalized spacial score (nSPS) is 11.7. The van der Waals surface area contributed by atoms with Crippen molar-refractivity contribution in [1.82, 2.24) is 19.8 Å². The monoisotopic (exact) mass is 441 g/mol. The van der Waals surface area contributed by atoms with Gasteiger partial charge in [0.1, 0.15) is 0 Å². The Morgan fingerprint density at radius 1 is 1.06 bits per heavy atom. The third-order valence-electron chi connectivity index (χ3n) is 4.88. The molecule has 4 rings (SSSR count). The van der Waals surface area contributed by atoms with Crippen LogP contribution in [0.15, 0.2) is 54.6 Å². The summed E-state index contributed by atoms with van der Waals surface area (Å²) in [6.07, 6.45) is -4.61. The largest absolute Gasteiger partial charge is 0.418 e. The van der Waals surface area contributed by atoms with Crippen LogP contribution in [0.2, 0.25) is 0 Å². The van der Waals surface area contributed by atoms with E-state index in [9.17, 15) is 18.0 Å². The molecule has 10 heteroatoms. The smallest absolute Gasteiger partial charge is 0.378 e. The van der Waals surface area contributed by atoms with Crippen LogP contribution < -0.4 is 5.32 Å². The predicted octanol–water partition coefficient (Wildman–Crippen LogP) is 4.52. The van der Waals surface area contributed by atoms with Gasteiger partial charge in [0.25, 0.3) is 5.91 Å². The molecule has 32 heavy (non-hydrogen) atoms. The Bertz CT molecular complexity index is 1290. The number of aromatic nitrogens is 4. The molecule has 0 radical (unpaired) electrons. The molecule has 0 saturated heterocycles. The Labute approximate surface area is 180 Å². The fraction of sp³-hybridized carbons (Fsp3) is 0.182. The maximum Gasteiger partial charge on any atom is 0.418 e. The highest BCUT2D eigenvalue weighted by atomic mass is 19.4. The quantitative estimate of drug-likeness (QED) is 0.493. The highest BCUT2D eigenvalue weighted by molar-refractivity contribution is 6.04. The number of methoxy groups -OCH3 is 1. The van der Waals surface area contributed by atoms with Gasteiger partial charge in [-0.1, -0.05) is 42.5 Å². The van der Waals surface area contributed by atoms with Gasteiger partial charge in [-0.25, -0.2) is 4.52 Å². The summed E-state index contributed by atoms with van der Waals surface area (Å²) in [6.45, 7) is 1.80. The first-order valence-electron chi connectivity index (χ1n) is 9.58. The number of hydrogen-bond donors (Lipinski definition) is 1. The molecular formula is C22H18F3N5O2. The number of halogens is 3. The SMILES string of the molecule is COCc1nn2c(C)c(C(=O)Nc3ccccc3C(F)(F)F)nnc2c1-c1ccccc1. The van der Waals surface area contributed by atoms with E-state index >= 15 is 0 Å². The van der Waals surface area contributed by atoms with E-state index in [1.54, 1.807) is 6.92 Å². The summed E-state index contributed by atoms with van der Waals surface area (Å²) in [4.78, 5) is 12.8. The van der Waals surface area contributed by atoms with Crippen LogP contribution in [0.25, 0.3) is 16.8 Å². The van der Waals surface area contributed by atoms with E-state index in [2.05, 4.69) is 20.6 Å². The predicted molar refractivity (Wildman–Crippen MR) is 111 cm³/mol. The number of amides is 1. The fourth-order valence-corrected chi connectivity index (χ4v) is 3.42. The van der Waals surface area contributed by atoms with Crippen molar-refractivity contribution >= 4 is 17.2 Å². The lowest BCUT2D eigenvalue weighted by Gasteiger charge is -2.13. The van der Waals surface area contributed by atoms with Crippen LogP contribution in [-0.4, -0.2) is 32.8 Å². The first-order valence-corrected chi connectivity index (χ1v) is 9.58. The van der Waals surface area contributed by atoms with Gasteiger partial charge in [-0.05, 0) is 24.6 Å². The lowest BCUT2D eigenvalue weighted by molar-refractivity contribution is -0.136. The van der Waals surface area contributed by atoms with Crippen molar-refractivity contribution in [2.45, 2.75) is 19.7 Å². The zero-order chi connectivity index (χ0) is 22.9. The fourth-order valence-electron chi connectivity index (χ4n) is 3.42. The Morgan fingerprint density at radius 2 is 1.75 bits per heavy atom. The second-order valence-electron chi connectivity index (χ2n) is 6.99. The Hall–Kier alpha value is -3.79. The number of benzene rings is 2. The van der Waals surface area contributed by atoms with E-state index in [0.29, 0.717) is 22.6 Å². The maximum atomic E-state index is 13.3. The number of carbonyl (C=O) groups excluding carboxylic acids is 1. The summed E-state index contributed by atoms with van der Waals surface area (Å²) < 4.78 is 46.5. The molecule has 0 saturated carbocycles. The average molecular weight is 441 g/mol. The highest BCUT2D eigenvalue weighted by Gasteiger charge is 2.34. The van der Waals surface area contributed by atoms with E-state index in [-0.39, 0.29) is 18.0 Å². The van der Waals surface area contributed by atoms with Gasteiger partial charge in [-0.3, -0.25) is 4.79 Å². The molecule has 2 aromatic carbocycles. The summed E-state index contributed by atoms with van der Waals surface area (Å²) in [6, 6.07) is 14.1. The van der Waals surface area contributed by atoms with Crippen molar-refractivity contribution in [3.05, 3.63) is 77.2 Å². The number of nitrogens with one attached hydrogen (secondary N) is 1. The molecule has 1 N–H and O–H groups in total. The maximum absolute atomic E-state index is 13.3. The van der Waals surface area contributed by atoms with Crippen molar-refractivity contribution in [1.29, 1.82) is 0 Å². The number of ether oxygens (including phenoxy) is 1. The van der Waals surface area contributed by atoms with Crippen molar-refractivity contribution in [3.63, 3.8) is 0 Å². The lowest BCUT2D eigenvalue weighted by atomic mass is 10.1. The first-order chi connectivity index (χ1) is 15.3. The molecule has 0 aliphatic rings. The number of aryl methyl sites for hydroxylation is 1. The minimum absolute atomic E-state index is 0.138. The van der Waals surface area contributed by atoms with E-state index in [4.69, 9.17) is 4.74 Å². The van der Waals surface area contributed by atoms with E-state index in [1.165, 1.54) is 29.8 Å². The van der Waals surface area contributed by atoms with Gasteiger partial charge in [0.2, 0.25) is 0 Å². The number of carbonyl (C=O) groups is 1. The molecule has 0 spiro atoms. The summed E-state index contributed by atoms with van der Waals surface area (Å²) in [5.74, 6) is -0.821. The number of rotatable bonds is 5. The molecule has 0 aliphatic heterocycles. The van der Waals surface area contributed by atoms with Crippen LogP contribution in [0.1, 0.15) is 27.4 Å². The number of fused-ring (bicyclic) bond motifs is 1. The molecule has 0 aliphatic carbocycles. The number of nitrogens with zero attached hydrogens (tertiary/aromatic N) is 4. The summed E-state index contributed by atoms with van der Waals surface area (Å²) >= 11 is 0. The second-order valence-corrected chi connectivity index (χ2v) is 6.99. The molecule has 7 nitrogen and oxygen atoms in total. The Morgan fingerprint density at radius 3 is 2.44 bits per heavy atom. The van der Waals surface area contributed by atoms with Crippen molar-refractivity contribution in [2.24, 2.45) is 0 Å². The molecule has 4 aromatic rings. The van der Waals surface area contributed by atoms with E-state index < -0.39 is 17.6 Å². The van der Waals surface area contributed by atoms with Crippen LogP contribution in [0.3, 0.4) is 0 Å². The zero-order valence-corrected chi connectivity index (χ0v) is 17.1. The van der Waals surface area contributed by atoms with Crippen LogP contribution in [0.5, 0.6) is 0 Å². The average Bonchev–Trinajstić information content (AvgIpc) is 3.13. The van der Waals surface area contributed by atoms with E-state index in [1.807, 2.05) is 30.3 Å². The van der Waals surface area contributed by atoms with Crippen LogP contribution in [0.4, 0.5) is 18.9 Å². The van der Waals surface area contributed by atoms with E-state index in [0.717, 1.165) is 11.6 Å². The minimum Gasteiger partial charge on any atom is -0.378 e. The third kappa shape index (κ3) is 3.92. The van der Waals surface area contributed by atoms with Gasteiger partial charge in [-0.2, -0.15) is 18.3 Å². The zero-order valence-electron chi connectivity index (χ0n) is 17.1. The highest BCUT2D eigenvalue weighted by Crippen LogP contribution is 2.35. The minimum atomic E-state index is -4.61. The molecule has 0 unspecified atom stereocenters. The van der Waals surface area contributed by atoms with Crippen LogP contribution >= 0.6 is 0 Å². The van der Waals surface area contributed by atoms with Crippen molar-refractivity contribution in [3.8, 4) is 11.1 Å². The van der Waals surface area contributed by atoms with Gasteiger partial charge < -0.3 is 10.1 Å². The molecular weight excluding hydrogens is 423 g/mol. The van der Waals surface area contributed by atoms with Crippen molar-refractivity contribution in [2.75, 3.05) is 12.4 Å². The number of hydrogen-bond acceptors (Lipinski definition) is 5. The van der Waals surface area contributed by atoms with Gasteiger partial charge in [0.05, 0.1) is 34.8 Å². The topological polar surface area (TPSA) is 81.4 Å². The molecule has 2 aromatic heterocycles. The summed E-state index contributed by atoms with van der Waals surface area (Å²) in [7, 11) is 1.54. The second kappa shape index (κ2) is 8.39. The van der Waals surface area contributed by atoms with Crippen molar-refractivity contribution < 1.29 is 22.7 Å². The number of para-hydroxylation sites is 1. The lowest BCUT2D eigenvalue weighted by Crippen LogP contribution is -2.20. The standard InChI is InChI=1S/C22H18F3N5O2/c1-13-19(21(31)26-16-11-7-6-10-15(16)22(23,24)25)27-28-20-18(14-8-4-3-5-9-14)17(12-32-2)29-30(13)20/h3-11H,12H2,1-2H3,(H,26,31). The Balaban J connectivity index is 1.78. The van der Waals surface area contributed by atoms with Gasteiger partial charge >= 0.3 is 6.18 Å².